The first-order chi connectivity index (χ1) is 11.2. The Labute approximate surface area is 138 Å². The highest BCUT2D eigenvalue weighted by atomic mass is 32.1. The Morgan fingerprint density at radius 3 is 2.48 bits per heavy atom. The number of thiophene rings is 1. The van der Waals surface area contributed by atoms with Crippen LogP contribution in [0.2, 0.25) is 0 Å². The highest BCUT2D eigenvalue weighted by molar-refractivity contribution is 7.20. The van der Waals surface area contributed by atoms with Gasteiger partial charge in [-0.25, -0.2) is 0 Å². The number of aromatic nitrogens is 1. The van der Waals surface area contributed by atoms with E-state index in [-0.39, 0.29) is 11.7 Å². The molecule has 0 atom stereocenters. The molecule has 0 bridgehead atoms. The van der Waals surface area contributed by atoms with Crippen molar-refractivity contribution in [2.45, 2.75) is 13.3 Å². The molecule has 116 valence electrons. The number of hydrogen-bond donors (Lipinski definition) is 2. The number of phenolic OH excluding ortho intramolecular Hbond substituents is 1. The summed E-state index contributed by atoms with van der Waals surface area (Å²) in [5, 5.41) is 13.2. The number of rotatable bonds is 4. The van der Waals surface area contributed by atoms with Gasteiger partial charge in [0.15, 0.2) is 0 Å². The van der Waals surface area contributed by atoms with E-state index >= 15 is 0 Å². The molecule has 2 N–H and O–H groups in total. The lowest BCUT2D eigenvalue weighted by atomic mass is 10.0. The van der Waals surface area contributed by atoms with Gasteiger partial charge in [0, 0.05) is 29.3 Å². The monoisotopic (exact) mass is 324 g/mol. The average molecular weight is 324 g/mol. The van der Waals surface area contributed by atoms with Crippen LogP contribution in [0.5, 0.6) is 5.75 Å². The van der Waals surface area contributed by atoms with Crippen molar-refractivity contribution in [2.75, 3.05) is 5.32 Å². The van der Waals surface area contributed by atoms with Crippen molar-refractivity contribution in [3.05, 3.63) is 54.9 Å². The zero-order chi connectivity index (χ0) is 16.2. The summed E-state index contributed by atoms with van der Waals surface area (Å²) < 4.78 is 0. The number of aromatic hydroxyl groups is 1. The molecule has 0 radical (unpaired) electrons. The third-order valence-corrected chi connectivity index (χ3v) is 4.54. The first-order valence-electron chi connectivity index (χ1n) is 7.31. The molecule has 2 aromatic heterocycles. The number of phenols is 1. The predicted octanol–water partition coefficient (Wildman–Crippen LogP) is 4.53. The van der Waals surface area contributed by atoms with Crippen LogP contribution in [0, 0.1) is 0 Å². The van der Waals surface area contributed by atoms with Gasteiger partial charge in [0.2, 0.25) is 5.91 Å². The maximum absolute atomic E-state index is 11.7. The topological polar surface area (TPSA) is 62.2 Å². The quantitative estimate of drug-likeness (QED) is 0.741. The smallest absolute Gasteiger partial charge is 0.224 e. The van der Waals surface area contributed by atoms with Crippen molar-refractivity contribution in [3.63, 3.8) is 0 Å². The summed E-state index contributed by atoms with van der Waals surface area (Å²) >= 11 is 1.53. The van der Waals surface area contributed by atoms with Crippen LogP contribution < -0.4 is 5.32 Å². The Kier molecular flexibility index (Phi) is 4.39. The van der Waals surface area contributed by atoms with Crippen molar-refractivity contribution in [3.8, 4) is 27.3 Å². The Hall–Kier alpha value is -2.66. The van der Waals surface area contributed by atoms with E-state index in [2.05, 4.69) is 10.3 Å². The first kappa shape index (κ1) is 15.2. The number of carbonyl (C=O) groups is 1. The largest absolute Gasteiger partial charge is 0.508 e. The Balaban J connectivity index is 2.08. The molecule has 0 saturated heterocycles. The zero-order valence-corrected chi connectivity index (χ0v) is 13.4. The number of nitrogens with zero attached hydrogens (tertiary/aromatic N) is 1. The number of hydrogen-bond acceptors (Lipinski definition) is 4. The standard InChI is InChI=1S/C18H16N2O2S/c1-2-16(22)20-17-11-15(12-3-5-14(21)6-4-12)18(23-17)13-7-9-19-10-8-13/h3-11,21H,2H2,1H3,(H,20,22). The fourth-order valence-electron chi connectivity index (χ4n) is 2.25. The third kappa shape index (κ3) is 3.40. The van der Waals surface area contributed by atoms with Crippen LogP contribution in [-0.4, -0.2) is 16.0 Å². The summed E-state index contributed by atoms with van der Waals surface area (Å²) in [5.41, 5.74) is 3.06. The molecule has 0 aliphatic heterocycles. The van der Waals surface area contributed by atoms with Gasteiger partial charge >= 0.3 is 0 Å². The van der Waals surface area contributed by atoms with Crippen LogP contribution in [0.15, 0.2) is 54.9 Å². The maximum atomic E-state index is 11.7. The minimum absolute atomic E-state index is 0.00946. The van der Waals surface area contributed by atoms with Crippen LogP contribution in [0.4, 0.5) is 5.00 Å². The summed E-state index contributed by atoms with van der Waals surface area (Å²) in [6.45, 7) is 1.83. The highest BCUT2D eigenvalue weighted by Gasteiger charge is 2.14. The molecule has 0 fully saturated rings. The molecule has 3 aromatic rings. The molecular formula is C18H16N2O2S. The SMILES string of the molecule is CCC(=O)Nc1cc(-c2ccc(O)cc2)c(-c2ccncc2)s1. The van der Waals surface area contributed by atoms with Crippen LogP contribution in [0.25, 0.3) is 21.6 Å². The van der Waals surface area contributed by atoms with E-state index < -0.39 is 0 Å². The molecule has 2 heterocycles. The maximum Gasteiger partial charge on any atom is 0.224 e. The molecule has 23 heavy (non-hydrogen) atoms. The number of pyridine rings is 1. The van der Waals surface area contributed by atoms with Gasteiger partial charge < -0.3 is 10.4 Å². The minimum atomic E-state index is -0.00946. The van der Waals surface area contributed by atoms with Gasteiger partial charge in [-0.05, 0) is 41.5 Å². The van der Waals surface area contributed by atoms with E-state index in [1.807, 2.05) is 37.3 Å². The number of benzene rings is 1. The van der Waals surface area contributed by atoms with Crippen LogP contribution in [0.3, 0.4) is 0 Å². The number of carbonyl (C=O) groups excluding carboxylic acids is 1. The molecule has 0 unspecified atom stereocenters. The molecule has 3 rings (SSSR count). The number of nitrogens with one attached hydrogen (secondary N) is 1. The molecule has 1 aromatic carbocycles. The Bertz CT molecular complexity index is 811. The lowest BCUT2D eigenvalue weighted by molar-refractivity contribution is -0.115. The molecule has 0 aliphatic carbocycles. The Morgan fingerprint density at radius 2 is 1.83 bits per heavy atom. The van der Waals surface area contributed by atoms with Crippen LogP contribution >= 0.6 is 11.3 Å². The lowest BCUT2D eigenvalue weighted by Gasteiger charge is -2.04. The van der Waals surface area contributed by atoms with E-state index in [0.29, 0.717) is 6.42 Å². The average Bonchev–Trinajstić information content (AvgIpc) is 3.00. The van der Waals surface area contributed by atoms with Gasteiger partial charge in [0.25, 0.3) is 0 Å². The molecule has 4 nitrogen and oxygen atoms in total. The normalized spacial score (nSPS) is 10.5. The number of anilines is 1. The summed E-state index contributed by atoms with van der Waals surface area (Å²) in [5.74, 6) is 0.221. The van der Waals surface area contributed by atoms with Gasteiger partial charge in [0.1, 0.15) is 5.75 Å². The lowest BCUT2D eigenvalue weighted by Crippen LogP contribution is -2.07. The van der Waals surface area contributed by atoms with E-state index in [4.69, 9.17) is 0 Å². The second-order valence-corrected chi connectivity index (χ2v) is 6.09. The van der Waals surface area contributed by atoms with Gasteiger partial charge in [-0.2, -0.15) is 0 Å². The molecule has 5 heteroatoms. The van der Waals surface area contributed by atoms with Crippen LogP contribution in [0.1, 0.15) is 13.3 Å². The van der Waals surface area contributed by atoms with Crippen molar-refractivity contribution in [2.24, 2.45) is 0 Å². The second kappa shape index (κ2) is 6.62. The van der Waals surface area contributed by atoms with Gasteiger partial charge in [-0.15, -0.1) is 11.3 Å². The molecule has 0 spiro atoms. The van der Waals surface area contributed by atoms with Gasteiger partial charge in [-0.1, -0.05) is 19.1 Å². The molecular weight excluding hydrogens is 308 g/mol. The summed E-state index contributed by atoms with van der Waals surface area (Å²) in [6.07, 6.45) is 3.94. The zero-order valence-electron chi connectivity index (χ0n) is 12.6. The molecule has 1 amide bonds. The van der Waals surface area contributed by atoms with E-state index in [1.165, 1.54) is 11.3 Å². The second-order valence-electron chi connectivity index (χ2n) is 5.04. The molecule has 0 aliphatic rings. The first-order valence-corrected chi connectivity index (χ1v) is 8.12. The minimum Gasteiger partial charge on any atom is -0.508 e. The van der Waals surface area contributed by atoms with Gasteiger partial charge in [0.05, 0.1) is 5.00 Å². The van der Waals surface area contributed by atoms with Crippen LogP contribution in [-0.2, 0) is 4.79 Å². The molecule has 0 saturated carbocycles. The Morgan fingerprint density at radius 1 is 1.13 bits per heavy atom. The highest BCUT2D eigenvalue weighted by Crippen LogP contribution is 2.42. The predicted molar refractivity (Wildman–Crippen MR) is 93.6 cm³/mol. The summed E-state index contributed by atoms with van der Waals surface area (Å²) in [6, 6.07) is 12.9. The van der Waals surface area contributed by atoms with E-state index in [9.17, 15) is 9.90 Å². The summed E-state index contributed by atoms with van der Waals surface area (Å²) in [7, 11) is 0. The summed E-state index contributed by atoms with van der Waals surface area (Å²) in [4.78, 5) is 16.8. The van der Waals surface area contributed by atoms with Crippen molar-refractivity contribution in [1.82, 2.24) is 4.98 Å². The number of amides is 1. The van der Waals surface area contributed by atoms with Gasteiger partial charge in [-0.3, -0.25) is 9.78 Å². The van der Waals surface area contributed by atoms with E-state index in [0.717, 1.165) is 26.6 Å². The fourth-order valence-corrected chi connectivity index (χ4v) is 3.35. The fraction of sp³-hybridized carbons (Fsp3) is 0.111. The van der Waals surface area contributed by atoms with Crippen molar-refractivity contribution in [1.29, 1.82) is 0 Å². The van der Waals surface area contributed by atoms with Crippen molar-refractivity contribution < 1.29 is 9.90 Å². The third-order valence-electron chi connectivity index (χ3n) is 3.44. The van der Waals surface area contributed by atoms with E-state index in [1.54, 1.807) is 24.5 Å². The van der Waals surface area contributed by atoms with Crippen molar-refractivity contribution >= 4 is 22.2 Å².